The van der Waals surface area contributed by atoms with Crippen molar-refractivity contribution in [2.24, 2.45) is 5.92 Å². The average Bonchev–Trinajstić information content (AvgIpc) is 2.33. The van der Waals surface area contributed by atoms with Crippen LogP contribution in [-0.4, -0.2) is 16.4 Å². The Morgan fingerprint density at radius 2 is 1.52 bits per heavy atom. The van der Waals surface area contributed by atoms with Crippen LogP contribution in [0.2, 0.25) is 0 Å². The Morgan fingerprint density at radius 3 is 1.81 bits per heavy atom. The van der Waals surface area contributed by atoms with Crippen molar-refractivity contribution in [3.8, 4) is 0 Å². The second-order valence-corrected chi connectivity index (χ2v) is 6.43. The van der Waals surface area contributed by atoms with E-state index in [9.17, 15) is 20.2 Å². The van der Waals surface area contributed by atoms with E-state index in [1.165, 1.54) is 12.1 Å². The lowest BCUT2D eigenvalue weighted by atomic mass is 9.86. The number of nitro benzene ring substituents is 2. The Kier molecular flexibility index (Phi) is 4.88. The Morgan fingerprint density at radius 1 is 1.10 bits per heavy atom. The van der Waals surface area contributed by atoms with Crippen molar-refractivity contribution >= 4 is 17.1 Å². The smallest absolute Gasteiger partial charge is 0.299 e. The molecule has 0 atom stereocenters. The summed E-state index contributed by atoms with van der Waals surface area (Å²) < 4.78 is 0. The fourth-order valence-corrected chi connectivity index (χ4v) is 1.82. The van der Waals surface area contributed by atoms with Crippen molar-refractivity contribution in [2.75, 3.05) is 11.9 Å². The number of hydrogen-bond donors (Lipinski definition) is 1. The molecule has 0 aliphatic rings. The van der Waals surface area contributed by atoms with Crippen LogP contribution in [0.3, 0.4) is 0 Å². The normalized spacial score (nSPS) is 11.5. The molecule has 7 nitrogen and oxygen atoms in total. The minimum absolute atomic E-state index is 0.0216. The summed E-state index contributed by atoms with van der Waals surface area (Å²) in [6.07, 6.45) is 0. The molecule has 0 unspecified atom stereocenters. The molecule has 1 aromatic carbocycles. The van der Waals surface area contributed by atoms with Crippen LogP contribution in [0.25, 0.3) is 0 Å². The zero-order chi connectivity index (χ0) is 16.4. The van der Waals surface area contributed by atoms with Crippen LogP contribution in [-0.2, 0) is 5.41 Å². The summed E-state index contributed by atoms with van der Waals surface area (Å²) in [6.45, 7) is 9.85. The topological polar surface area (TPSA) is 98.3 Å². The summed E-state index contributed by atoms with van der Waals surface area (Å²) in [5.74, 6) is 0.214. The molecule has 1 rings (SSSR count). The van der Waals surface area contributed by atoms with Crippen molar-refractivity contribution < 1.29 is 9.85 Å². The molecule has 0 radical (unpaired) electrons. The predicted molar refractivity (Wildman–Crippen MR) is 81.8 cm³/mol. The van der Waals surface area contributed by atoms with E-state index in [1.54, 1.807) is 0 Å². The second kappa shape index (κ2) is 6.07. The van der Waals surface area contributed by atoms with Gasteiger partial charge in [-0.05, 0) is 16.9 Å². The van der Waals surface area contributed by atoms with Gasteiger partial charge in [-0.15, -0.1) is 0 Å². The SMILES string of the molecule is CC(C)CNc1c([N+](=O)[O-])cc(C(C)(C)C)cc1[N+](=O)[O-]. The van der Waals surface area contributed by atoms with E-state index in [1.807, 2.05) is 34.6 Å². The van der Waals surface area contributed by atoms with Gasteiger partial charge in [-0.2, -0.15) is 0 Å². The van der Waals surface area contributed by atoms with E-state index < -0.39 is 15.3 Å². The molecule has 0 aliphatic carbocycles. The van der Waals surface area contributed by atoms with Crippen LogP contribution < -0.4 is 5.32 Å². The third-order valence-corrected chi connectivity index (χ3v) is 3.04. The predicted octanol–water partition coefficient (Wildman–Crippen LogP) is 3.87. The second-order valence-electron chi connectivity index (χ2n) is 6.43. The lowest BCUT2D eigenvalue weighted by Crippen LogP contribution is -2.15. The summed E-state index contributed by atoms with van der Waals surface area (Å²) >= 11 is 0. The first-order valence-corrected chi connectivity index (χ1v) is 6.75. The van der Waals surface area contributed by atoms with Gasteiger partial charge in [0.15, 0.2) is 5.69 Å². The van der Waals surface area contributed by atoms with Gasteiger partial charge in [0.2, 0.25) is 0 Å². The standard InChI is InChI=1S/C14H21N3O4/c1-9(2)8-15-13-11(16(18)19)6-10(14(3,4)5)7-12(13)17(20)21/h6-7,9,15H,8H2,1-5H3. The summed E-state index contributed by atoms with van der Waals surface area (Å²) in [4.78, 5) is 21.4. The van der Waals surface area contributed by atoms with Crippen LogP contribution in [0.4, 0.5) is 17.1 Å². The number of nitro groups is 2. The third kappa shape index (κ3) is 4.14. The first-order valence-electron chi connectivity index (χ1n) is 6.75. The summed E-state index contributed by atoms with van der Waals surface area (Å²) in [6, 6.07) is 2.82. The van der Waals surface area contributed by atoms with E-state index in [0.29, 0.717) is 12.1 Å². The van der Waals surface area contributed by atoms with Gasteiger partial charge in [0.05, 0.1) is 9.85 Å². The van der Waals surface area contributed by atoms with Crippen molar-refractivity contribution in [3.05, 3.63) is 37.9 Å². The van der Waals surface area contributed by atoms with Crippen LogP contribution in [0.15, 0.2) is 12.1 Å². The molecule has 1 aromatic rings. The maximum absolute atomic E-state index is 11.3. The molecule has 0 fully saturated rings. The Labute approximate surface area is 123 Å². The molecule has 0 heterocycles. The quantitative estimate of drug-likeness (QED) is 0.656. The molecule has 0 aliphatic heterocycles. The number of nitrogens with zero attached hydrogens (tertiary/aromatic N) is 2. The fourth-order valence-electron chi connectivity index (χ4n) is 1.82. The molecule has 1 N–H and O–H groups in total. The summed E-state index contributed by atoms with van der Waals surface area (Å²) in [7, 11) is 0. The van der Waals surface area contributed by atoms with E-state index in [0.717, 1.165) is 0 Å². The Bertz CT molecular complexity index is 527. The van der Waals surface area contributed by atoms with Crippen LogP contribution >= 0.6 is 0 Å². The van der Waals surface area contributed by atoms with Gasteiger partial charge < -0.3 is 5.32 Å². The van der Waals surface area contributed by atoms with Crippen molar-refractivity contribution in [2.45, 2.75) is 40.0 Å². The highest BCUT2D eigenvalue weighted by molar-refractivity contribution is 5.75. The van der Waals surface area contributed by atoms with E-state index in [4.69, 9.17) is 0 Å². The van der Waals surface area contributed by atoms with Gasteiger partial charge in [-0.25, -0.2) is 0 Å². The highest BCUT2D eigenvalue weighted by Crippen LogP contribution is 2.39. The lowest BCUT2D eigenvalue weighted by Gasteiger charge is -2.20. The number of nitrogens with one attached hydrogen (secondary N) is 1. The zero-order valence-corrected chi connectivity index (χ0v) is 13.0. The van der Waals surface area contributed by atoms with E-state index >= 15 is 0 Å². The molecule has 0 spiro atoms. The van der Waals surface area contributed by atoms with E-state index in [2.05, 4.69) is 5.32 Å². The number of rotatable bonds is 5. The highest BCUT2D eigenvalue weighted by atomic mass is 16.6. The number of hydrogen-bond acceptors (Lipinski definition) is 5. The van der Waals surface area contributed by atoms with E-state index in [-0.39, 0.29) is 23.0 Å². The Hall–Kier alpha value is -2.18. The third-order valence-electron chi connectivity index (χ3n) is 3.04. The molecule has 116 valence electrons. The van der Waals surface area contributed by atoms with Crippen LogP contribution in [0, 0.1) is 26.1 Å². The molecule has 0 bridgehead atoms. The molecular weight excluding hydrogens is 274 g/mol. The monoisotopic (exact) mass is 295 g/mol. The van der Waals surface area contributed by atoms with Crippen molar-refractivity contribution in [3.63, 3.8) is 0 Å². The number of anilines is 1. The van der Waals surface area contributed by atoms with Gasteiger partial charge in [-0.3, -0.25) is 20.2 Å². The van der Waals surface area contributed by atoms with Gasteiger partial charge >= 0.3 is 0 Å². The molecule has 0 aromatic heterocycles. The lowest BCUT2D eigenvalue weighted by molar-refractivity contribution is -0.392. The molecule has 7 heteroatoms. The molecule has 0 saturated heterocycles. The molecule has 0 saturated carbocycles. The molecular formula is C14H21N3O4. The minimum Gasteiger partial charge on any atom is -0.374 e. The van der Waals surface area contributed by atoms with Crippen LogP contribution in [0.1, 0.15) is 40.2 Å². The van der Waals surface area contributed by atoms with Gasteiger partial charge in [0.1, 0.15) is 0 Å². The van der Waals surface area contributed by atoms with Gasteiger partial charge in [-0.1, -0.05) is 34.6 Å². The minimum atomic E-state index is -0.578. The summed E-state index contributed by atoms with van der Waals surface area (Å²) in [5.41, 5.74) is -0.376. The zero-order valence-electron chi connectivity index (χ0n) is 13.0. The first-order chi connectivity index (χ1) is 9.54. The maximum atomic E-state index is 11.3. The summed E-state index contributed by atoms with van der Waals surface area (Å²) in [5, 5.41) is 25.4. The maximum Gasteiger partial charge on any atom is 0.299 e. The number of benzene rings is 1. The average molecular weight is 295 g/mol. The van der Waals surface area contributed by atoms with Crippen molar-refractivity contribution in [1.29, 1.82) is 0 Å². The van der Waals surface area contributed by atoms with Gasteiger partial charge in [0.25, 0.3) is 11.4 Å². The first kappa shape index (κ1) is 16.9. The Balaban J connectivity index is 3.51. The molecule has 21 heavy (non-hydrogen) atoms. The van der Waals surface area contributed by atoms with Gasteiger partial charge in [0, 0.05) is 18.7 Å². The highest BCUT2D eigenvalue weighted by Gasteiger charge is 2.29. The fraction of sp³-hybridized carbons (Fsp3) is 0.571. The van der Waals surface area contributed by atoms with Crippen LogP contribution in [0.5, 0.6) is 0 Å². The van der Waals surface area contributed by atoms with Crippen molar-refractivity contribution in [1.82, 2.24) is 0 Å². The molecule has 0 amide bonds. The largest absolute Gasteiger partial charge is 0.374 e.